The molecule has 2 heterocycles. The molecule has 0 saturated carbocycles. The van der Waals surface area contributed by atoms with E-state index < -0.39 is 0 Å². The van der Waals surface area contributed by atoms with Crippen molar-refractivity contribution in [3.05, 3.63) is 59.0 Å². The molecule has 8 heteroatoms. The van der Waals surface area contributed by atoms with Crippen LogP contribution in [0.5, 0.6) is 11.5 Å². The molecular weight excluding hydrogens is 412 g/mol. The second-order valence-electron chi connectivity index (χ2n) is 5.75. The molecule has 3 aromatic rings. The number of aromatic nitrogens is 3. The van der Waals surface area contributed by atoms with Gasteiger partial charge in [-0.1, -0.05) is 6.07 Å². The molecule has 0 bridgehead atoms. The molecule has 1 N–H and O–H groups in total. The normalized spacial score (nSPS) is 10.5. The summed E-state index contributed by atoms with van der Waals surface area (Å²) in [6, 6.07) is 9.23. The van der Waals surface area contributed by atoms with Gasteiger partial charge in [0, 0.05) is 12.6 Å². The zero-order valence-electron chi connectivity index (χ0n) is 15.0. The van der Waals surface area contributed by atoms with Crippen molar-refractivity contribution < 1.29 is 14.3 Å². The zero-order chi connectivity index (χ0) is 19.2. The second kappa shape index (κ2) is 8.68. The van der Waals surface area contributed by atoms with E-state index in [4.69, 9.17) is 9.47 Å². The standard InChI is InChI=1S/C19H19BrN4O3/c1-26-16-6-3-13(9-17(16)27-2)4-8-19(25)23-15-5-7-18(21-11-15)24-12-14(20)10-22-24/h3,5-7,9-12H,4,8H2,1-2H3,(H,23,25). The lowest BCUT2D eigenvalue weighted by molar-refractivity contribution is -0.116. The van der Waals surface area contributed by atoms with E-state index in [1.807, 2.05) is 24.4 Å². The molecule has 3 rings (SSSR count). The van der Waals surface area contributed by atoms with Crippen LogP contribution in [0, 0.1) is 0 Å². The fraction of sp³-hybridized carbons (Fsp3) is 0.211. The summed E-state index contributed by atoms with van der Waals surface area (Å²) in [7, 11) is 3.18. The minimum Gasteiger partial charge on any atom is -0.493 e. The minimum absolute atomic E-state index is 0.0823. The molecule has 140 valence electrons. The molecular formula is C19H19BrN4O3. The van der Waals surface area contributed by atoms with Crippen LogP contribution in [-0.4, -0.2) is 34.9 Å². The van der Waals surface area contributed by atoms with Gasteiger partial charge in [0.25, 0.3) is 0 Å². The van der Waals surface area contributed by atoms with Gasteiger partial charge in [-0.05, 0) is 52.2 Å². The Morgan fingerprint density at radius 2 is 1.96 bits per heavy atom. The van der Waals surface area contributed by atoms with E-state index in [0.717, 1.165) is 10.0 Å². The van der Waals surface area contributed by atoms with Crippen LogP contribution in [0.2, 0.25) is 0 Å². The summed E-state index contributed by atoms with van der Waals surface area (Å²) in [4.78, 5) is 16.5. The van der Waals surface area contributed by atoms with Crippen LogP contribution in [0.1, 0.15) is 12.0 Å². The SMILES string of the molecule is COc1ccc(CCC(=O)Nc2ccc(-n3cc(Br)cn3)nc2)cc1OC. The van der Waals surface area contributed by atoms with Gasteiger partial charge in [0.15, 0.2) is 17.3 Å². The predicted molar refractivity (Wildman–Crippen MR) is 106 cm³/mol. The van der Waals surface area contributed by atoms with Crippen molar-refractivity contribution >= 4 is 27.5 Å². The summed E-state index contributed by atoms with van der Waals surface area (Å²) < 4.78 is 13.0. The average molecular weight is 431 g/mol. The van der Waals surface area contributed by atoms with Crippen LogP contribution in [0.25, 0.3) is 5.82 Å². The topological polar surface area (TPSA) is 78.3 Å². The minimum atomic E-state index is -0.0823. The largest absolute Gasteiger partial charge is 0.493 e. The molecule has 0 unspecified atom stereocenters. The number of carbonyl (C=O) groups excluding carboxylic acids is 1. The predicted octanol–water partition coefficient (Wildman–Crippen LogP) is 3.62. The second-order valence-corrected chi connectivity index (χ2v) is 6.66. The number of nitrogens with one attached hydrogen (secondary N) is 1. The zero-order valence-corrected chi connectivity index (χ0v) is 16.6. The first-order valence-electron chi connectivity index (χ1n) is 8.26. The number of anilines is 1. The maximum Gasteiger partial charge on any atom is 0.224 e. The van der Waals surface area contributed by atoms with Gasteiger partial charge in [-0.3, -0.25) is 4.79 Å². The highest BCUT2D eigenvalue weighted by Crippen LogP contribution is 2.28. The van der Waals surface area contributed by atoms with Crippen molar-refractivity contribution in [3.8, 4) is 17.3 Å². The van der Waals surface area contributed by atoms with Crippen molar-refractivity contribution in [2.75, 3.05) is 19.5 Å². The number of halogens is 1. The van der Waals surface area contributed by atoms with Crippen LogP contribution < -0.4 is 14.8 Å². The molecule has 1 amide bonds. The Bertz CT molecular complexity index is 925. The maximum atomic E-state index is 12.2. The number of ether oxygens (including phenoxy) is 2. The molecule has 0 fully saturated rings. The van der Waals surface area contributed by atoms with Crippen molar-refractivity contribution in [3.63, 3.8) is 0 Å². The fourth-order valence-corrected chi connectivity index (χ4v) is 2.82. The smallest absolute Gasteiger partial charge is 0.224 e. The van der Waals surface area contributed by atoms with Crippen LogP contribution in [0.3, 0.4) is 0 Å². The van der Waals surface area contributed by atoms with Crippen LogP contribution >= 0.6 is 15.9 Å². The first kappa shape index (κ1) is 18.9. The van der Waals surface area contributed by atoms with Gasteiger partial charge in [-0.25, -0.2) is 9.67 Å². The van der Waals surface area contributed by atoms with Crippen molar-refractivity contribution in [1.29, 1.82) is 0 Å². The molecule has 0 atom stereocenters. The van der Waals surface area contributed by atoms with Gasteiger partial charge in [0.1, 0.15) is 0 Å². The lowest BCUT2D eigenvalue weighted by Gasteiger charge is -2.10. The van der Waals surface area contributed by atoms with Crippen molar-refractivity contribution in [2.24, 2.45) is 0 Å². The van der Waals surface area contributed by atoms with E-state index in [-0.39, 0.29) is 5.91 Å². The summed E-state index contributed by atoms with van der Waals surface area (Å²) in [5.74, 6) is 1.91. The van der Waals surface area contributed by atoms with Crippen molar-refractivity contribution in [1.82, 2.24) is 14.8 Å². The number of benzene rings is 1. The Kier molecular flexibility index (Phi) is 6.08. The Morgan fingerprint density at radius 3 is 2.59 bits per heavy atom. The lowest BCUT2D eigenvalue weighted by atomic mass is 10.1. The number of nitrogens with zero attached hydrogens (tertiary/aromatic N) is 3. The monoisotopic (exact) mass is 430 g/mol. The van der Waals surface area contributed by atoms with Crippen LogP contribution in [0.15, 0.2) is 53.4 Å². The average Bonchev–Trinajstić information content (AvgIpc) is 3.13. The molecule has 0 radical (unpaired) electrons. The highest BCUT2D eigenvalue weighted by Gasteiger charge is 2.08. The van der Waals surface area contributed by atoms with Gasteiger partial charge < -0.3 is 14.8 Å². The molecule has 0 saturated heterocycles. The van der Waals surface area contributed by atoms with E-state index in [0.29, 0.717) is 35.8 Å². The first-order chi connectivity index (χ1) is 13.1. The number of hydrogen-bond donors (Lipinski definition) is 1. The first-order valence-corrected chi connectivity index (χ1v) is 9.05. The molecule has 0 spiro atoms. The van der Waals surface area contributed by atoms with Gasteiger partial charge >= 0.3 is 0 Å². The summed E-state index contributed by atoms with van der Waals surface area (Å²) in [5, 5.41) is 7.02. The third-order valence-corrected chi connectivity index (χ3v) is 4.32. The van der Waals surface area contributed by atoms with E-state index in [9.17, 15) is 4.79 Å². The van der Waals surface area contributed by atoms with Gasteiger partial charge in [-0.2, -0.15) is 5.10 Å². The van der Waals surface area contributed by atoms with Crippen molar-refractivity contribution in [2.45, 2.75) is 12.8 Å². The van der Waals surface area contributed by atoms with E-state index in [1.54, 1.807) is 43.4 Å². The highest BCUT2D eigenvalue weighted by molar-refractivity contribution is 9.10. The van der Waals surface area contributed by atoms with E-state index in [1.165, 1.54) is 0 Å². The number of carbonyl (C=O) groups is 1. The number of pyridine rings is 1. The summed E-state index contributed by atoms with van der Waals surface area (Å²) in [6.45, 7) is 0. The van der Waals surface area contributed by atoms with Crippen LogP contribution in [-0.2, 0) is 11.2 Å². The van der Waals surface area contributed by atoms with E-state index in [2.05, 4.69) is 31.3 Å². The number of amides is 1. The van der Waals surface area contributed by atoms with Crippen LogP contribution in [0.4, 0.5) is 5.69 Å². The molecule has 0 aliphatic carbocycles. The number of aryl methyl sites for hydroxylation is 1. The quantitative estimate of drug-likeness (QED) is 0.619. The molecule has 27 heavy (non-hydrogen) atoms. The lowest BCUT2D eigenvalue weighted by Crippen LogP contribution is -2.12. The molecule has 0 aliphatic heterocycles. The third kappa shape index (κ3) is 4.85. The summed E-state index contributed by atoms with van der Waals surface area (Å²) in [5.41, 5.74) is 1.64. The van der Waals surface area contributed by atoms with Gasteiger partial charge in [-0.15, -0.1) is 0 Å². The maximum absolute atomic E-state index is 12.2. The fourth-order valence-electron chi connectivity index (χ4n) is 2.54. The molecule has 2 aromatic heterocycles. The Balaban J connectivity index is 1.56. The molecule has 7 nitrogen and oxygen atoms in total. The third-order valence-electron chi connectivity index (χ3n) is 3.91. The van der Waals surface area contributed by atoms with E-state index >= 15 is 0 Å². The Labute approximate surface area is 165 Å². The van der Waals surface area contributed by atoms with Gasteiger partial charge in [0.2, 0.25) is 5.91 Å². The molecule has 0 aliphatic rings. The summed E-state index contributed by atoms with van der Waals surface area (Å²) >= 11 is 3.35. The summed E-state index contributed by atoms with van der Waals surface area (Å²) in [6.07, 6.45) is 6.05. The highest BCUT2D eigenvalue weighted by atomic mass is 79.9. The number of rotatable bonds is 7. The van der Waals surface area contributed by atoms with Gasteiger partial charge in [0.05, 0.1) is 36.8 Å². The molecule has 1 aromatic carbocycles. The Hall–Kier alpha value is -2.87. The Morgan fingerprint density at radius 1 is 1.15 bits per heavy atom. The number of hydrogen-bond acceptors (Lipinski definition) is 5. The number of methoxy groups -OCH3 is 2.